The summed E-state index contributed by atoms with van der Waals surface area (Å²) >= 11 is 0. The second kappa shape index (κ2) is 19.2. The predicted octanol–water partition coefficient (Wildman–Crippen LogP) is 7.04. The van der Waals surface area contributed by atoms with Crippen LogP contribution in [0.1, 0.15) is 124 Å². The molecule has 0 heterocycles. The number of rotatable bonds is 20. The van der Waals surface area contributed by atoms with Gasteiger partial charge in [0.05, 0.1) is 0 Å². The van der Waals surface area contributed by atoms with Gasteiger partial charge >= 0.3 is 5.97 Å². The van der Waals surface area contributed by atoms with Gasteiger partial charge in [0.1, 0.15) is 6.04 Å². The van der Waals surface area contributed by atoms with E-state index in [-0.39, 0.29) is 6.04 Å². The Balaban J connectivity index is 3.25. The minimum Gasteiger partial charge on any atom is -0.480 e. The molecule has 0 aliphatic carbocycles. The molecular weight excluding hydrogens is 322 g/mol. The normalized spacial score (nSPS) is 12.6. The Morgan fingerprint density at radius 2 is 1.04 bits per heavy atom. The zero-order valence-corrected chi connectivity index (χ0v) is 18.1. The average molecular weight is 370 g/mol. The number of nitrogens with zero attached hydrogens (tertiary/aromatic N) is 1. The molecule has 0 saturated heterocycles. The first-order valence-electron chi connectivity index (χ1n) is 11.6. The number of unbranched alkanes of at least 4 members (excludes halogenated alkanes) is 15. The van der Waals surface area contributed by atoms with Crippen molar-refractivity contribution in [3.63, 3.8) is 0 Å². The van der Waals surface area contributed by atoms with Crippen molar-refractivity contribution in [2.75, 3.05) is 13.1 Å². The van der Waals surface area contributed by atoms with Crippen LogP contribution in [0.25, 0.3) is 0 Å². The van der Waals surface area contributed by atoms with Crippen LogP contribution < -0.4 is 0 Å². The van der Waals surface area contributed by atoms with E-state index < -0.39 is 5.97 Å². The van der Waals surface area contributed by atoms with Crippen LogP contribution in [0.2, 0.25) is 0 Å². The fourth-order valence-electron chi connectivity index (χ4n) is 3.64. The van der Waals surface area contributed by atoms with E-state index in [1.165, 1.54) is 96.3 Å². The third-order valence-corrected chi connectivity index (χ3v) is 5.61. The zero-order chi connectivity index (χ0) is 19.5. The van der Waals surface area contributed by atoms with E-state index >= 15 is 0 Å². The molecule has 0 spiro atoms. The average Bonchev–Trinajstić information content (AvgIpc) is 2.64. The third-order valence-electron chi connectivity index (χ3n) is 5.61. The summed E-state index contributed by atoms with van der Waals surface area (Å²) in [5.74, 6) is -0.705. The van der Waals surface area contributed by atoms with Crippen molar-refractivity contribution in [2.45, 2.75) is 130 Å². The van der Waals surface area contributed by atoms with Crippen LogP contribution in [0, 0.1) is 0 Å². The zero-order valence-electron chi connectivity index (χ0n) is 18.1. The van der Waals surface area contributed by atoms with Gasteiger partial charge in [-0.05, 0) is 26.4 Å². The van der Waals surface area contributed by atoms with Crippen molar-refractivity contribution in [3.05, 3.63) is 0 Å². The minimum absolute atomic E-state index is 0.351. The Morgan fingerprint density at radius 3 is 1.35 bits per heavy atom. The number of hydrogen-bond donors (Lipinski definition) is 1. The molecule has 0 saturated carbocycles. The molecule has 0 aromatic carbocycles. The molecule has 0 aliphatic rings. The number of aliphatic carboxylic acids is 1. The Kier molecular flexibility index (Phi) is 18.8. The van der Waals surface area contributed by atoms with E-state index in [4.69, 9.17) is 5.11 Å². The van der Waals surface area contributed by atoms with Gasteiger partial charge in [-0.2, -0.15) is 0 Å². The van der Waals surface area contributed by atoms with Crippen molar-refractivity contribution < 1.29 is 9.90 Å². The molecule has 0 radical (unpaired) electrons. The molecule has 0 amide bonds. The van der Waals surface area contributed by atoms with Crippen molar-refractivity contribution in [2.24, 2.45) is 0 Å². The van der Waals surface area contributed by atoms with E-state index in [2.05, 4.69) is 11.8 Å². The van der Waals surface area contributed by atoms with Gasteiger partial charge in [0.2, 0.25) is 0 Å². The summed E-state index contributed by atoms with van der Waals surface area (Å²) in [6.07, 6.45) is 22.0. The number of carboxylic acid groups (broad SMARTS) is 1. The largest absolute Gasteiger partial charge is 0.480 e. The minimum atomic E-state index is -0.705. The molecule has 0 fully saturated rings. The lowest BCUT2D eigenvalue weighted by Crippen LogP contribution is -2.39. The lowest BCUT2D eigenvalue weighted by atomic mass is 10.0. The Bertz CT molecular complexity index is 307. The monoisotopic (exact) mass is 369 g/mol. The van der Waals surface area contributed by atoms with Crippen LogP contribution in [0.5, 0.6) is 0 Å². The molecule has 1 unspecified atom stereocenters. The second-order valence-electron chi connectivity index (χ2n) is 7.95. The summed E-state index contributed by atoms with van der Waals surface area (Å²) in [6.45, 7) is 7.86. The summed E-state index contributed by atoms with van der Waals surface area (Å²) in [5.41, 5.74) is 0. The maximum Gasteiger partial charge on any atom is 0.320 e. The standard InChI is InChI=1S/C23H47NO2/c1-4-6-7-8-9-10-11-12-13-14-15-16-17-18-19-20-21-24(5-2)22(3)23(25)26/h22H,4-21H2,1-3H3,(H,25,26). The molecule has 1 N–H and O–H groups in total. The van der Waals surface area contributed by atoms with Crippen LogP contribution in [0.3, 0.4) is 0 Å². The molecule has 0 rings (SSSR count). The molecule has 1 atom stereocenters. The highest BCUT2D eigenvalue weighted by atomic mass is 16.4. The van der Waals surface area contributed by atoms with Crippen molar-refractivity contribution >= 4 is 5.97 Å². The lowest BCUT2D eigenvalue weighted by molar-refractivity contribution is -0.142. The first-order chi connectivity index (χ1) is 12.6. The summed E-state index contributed by atoms with van der Waals surface area (Å²) in [5, 5.41) is 9.08. The van der Waals surface area contributed by atoms with E-state index in [9.17, 15) is 4.79 Å². The van der Waals surface area contributed by atoms with Crippen molar-refractivity contribution in [1.29, 1.82) is 0 Å². The number of likely N-dealkylation sites (N-methyl/N-ethyl adjacent to an activating group) is 1. The van der Waals surface area contributed by atoms with E-state index in [0.29, 0.717) is 0 Å². The maximum atomic E-state index is 11.0. The molecule has 3 nitrogen and oxygen atoms in total. The molecule has 26 heavy (non-hydrogen) atoms. The van der Waals surface area contributed by atoms with Crippen LogP contribution in [-0.2, 0) is 4.79 Å². The molecule has 0 aromatic heterocycles. The summed E-state index contributed by atoms with van der Waals surface area (Å²) < 4.78 is 0. The third kappa shape index (κ3) is 15.7. The van der Waals surface area contributed by atoms with Crippen LogP contribution in [0.15, 0.2) is 0 Å². The van der Waals surface area contributed by atoms with Gasteiger partial charge in [-0.1, -0.05) is 110 Å². The summed E-state index contributed by atoms with van der Waals surface area (Å²) in [6, 6.07) is -0.351. The van der Waals surface area contributed by atoms with Crippen molar-refractivity contribution in [1.82, 2.24) is 4.90 Å². The topological polar surface area (TPSA) is 40.5 Å². The van der Waals surface area contributed by atoms with Gasteiger partial charge in [-0.25, -0.2) is 0 Å². The molecule has 3 heteroatoms. The fourth-order valence-corrected chi connectivity index (χ4v) is 3.64. The van der Waals surface area contributed by atoms with Gasteiger partial charge in [-0.15, -0.1) is 0 Å². The summed E-state index contributed by atoms with van der Waals surface area (Å²) in [7, 11) is 0. The molecule has 0 bridgehead atoms. The van der Waals surface area contributed by atoms with Crippen molar-refractivity contribution in [3.8, 4) is 0 Å². The van der Waals surface area contributed by atoms with E-state index in [1.807, 2.05) is 6.92 Å². The van der Waals surface area contributed by atoms with Gasteiger partial charge in [0, 0.05) is 0 Å². The smallest absolute Gasteiger partial charge is 0.320 e. The number of hydrogen-bond acceptors (Lipinski definition) is 2. The quantitative estimate of drug-likeness (QED) is 0.234. The van der Waals surface area contributed by atoms with Gasteiger partial charge in [-0.3, -0.25) is 9.69 Å². The first-order valence-corrected chi connectivity index (χ1v) is 11.6. The molecule has 0 aliphatic heterocycles. The molecule has 156 valence electrons. The van der Waals surface area contributed by atoms with Crippen LogP contribution in [-0.4, -0.2) is 35.1 Å². The highest BCUT2D eigenvalue weighted by Gasteiger charge is 2.17. The second-order valence-corrected chi connectivity index (χ2v) is 7.95. The Morgan fingerprint density at radius 1 is 0.692 bits per heavy atom. The predicted molar refractivity (Wildman–Crippen MR) is 114 cm³/mol. The number of carbonyl (C=O) groups is 1. The number of carboxylic acids is 1. The first kappa shape index (κ1) is 25.4. The highest BCUT2D eigenvalue weighted by Crippen LogP contribution is 2.14. The SMILES string of the molecule is CCCCCCCCCCCCCCCCCCN(CC)C(C)C(=O)O. The van der Waals surface area contributed by atoms with E-state index in [0.717, 1.165) is 19.5 Å². The molecule has 0 aromatic rings. The Hall–Kier alpha value is -0.570. The van der Waals surface area contributed by atoms with Gasteiger partial charge in [0.15, 0.2) is 0 Å². The fraction of sp³-hybridized carbons (Fsp3) is 0.957. The Labute approximate surface area is 163 Å². The van der Waals surface area contributed by atoms with E-state index in [1.54, 1.807) is 6.92 Å². The maximum absolute atomic E-state index is 11.0. The molecular formula is C23H47NO2. The van der Waals surface area contributed by atoms with Crippen LogP contribution in [0.4, 0.5) is 0 Å². The highest BCUT2D eigenvalue weighted by molar-refractivity contribution is 5.72. The summed E-state index contributed by atoms with van der Waals surface area (Å²) in [4.78, 5) is 13.1. The van der Waals surface area contributed by atoms with Gasteiger partial charge in [0.25, 0.3) is 0 Å². The lowest BCUT2D eigenvalue weighted by Gasteiger charge is -2.24. The van der Waals surface area contributed by atoms with Gasteiger partial charge < -0.3 is 5.11 Å². The van der Waals surface area contributed by atoms with Crippen LogP contribution >= 0.6 is 0 Å².